The number of barbiturate groups is 1. The van der Waals surface area contributed by atoms with E-state index in [2.05, 4.69) is 27.9 Å². The van der Waals surface area contributed by atoms with Crippen LogP contribution >= 0.6 is 34.2 Å². The maximum Gasteiger partial charge on any atom is 0.335 e. The molecule has 4 rings (SSSR count). The molecule has 4 amide bonds. The van der Waals surface area contributed by atoms with Crippen molar-refractivity contribution in [2.24, 2.45) is 0 Å². The fourth-order valence-electron chi connectivity index (χ4n) is 3.64. The molecule has 1 saturated heterocycles. The van der Waals surface area contributed by atoms with Crippen LogP contribution in [0.15, 0.2) is 72.3 Å². The van der Waals surface area contributed by atoms with E-state index in [-0.39, 0.29) is 5.57 Å². The van der Waals surface area contributed by atoms with Gasteiger partial charge in [-0.25, -0.2) is 9.69 Å². The molecule has 1 N–H and O–H groups in total. The molecule has 1 fully saturated rings. The number of rotatable bonds is 6. The lowest BCUT2D eigenvalue weighted by Crippen LogP contribution is -2.54. The van der Waals surface area contributed by atoms with Crippen LogP contribution in [0, 0.1) is 3.57 Å². The molecule has 172 valence electrons. The molecule has 3 aromatic rings. The van der Waals surface area contributed by atoms with Crippen LogP contribution in [-0.2, 0) is 16.0 Å². The second-order valence-electron chi connectivity index (χ2n) is 7.47. The van der Waals surface area contributed by atoms with Crippen LogP contribution in [0.25, 0.3) is 6.08 Å². The Morgan fingerprint density at radius 1 is 1.03 bits per heavy atom. The van der Waals surface area contributed by atoms with Gasteiger partial charge in [0.05, 0.1) is 12.3 Å². The van der Waals surface area contributed by atoms with E-state index in [1.807, 2.05) is 37.3 Å². The van der Waals surface area contributed by atoms with Crippen molar-refractivity contribution in [2.45, 2.75) is 13.3 Å². The van der Waals surface area contributed by atoms with Gasteiger partial charge in [-0.15, -0.1) is 0 Å². The largest absolute Gasteiger partial charge is 0.494 e. The van der Waals surface area contributed by atoms with Crippen molar-refractivity contribution >= 4 is 63.8 Å². The van der Waals surface area contributed by atoms with E-state index >= 15 is 0 Å². The first-order valence-electron chi connectivity index (χ1n) is 10.5. The zero-order chi connectivity index (χ0) is 24.2. The molecule has 6 nitrogen and oxygen atoms in total. The molecule has 1 heterocycles. The molecule has 3 aromatic carbocycles. The Hall–Kier alpha value is -3.17. The highest BCUT2D eigenvalue weighted by Crippen LogP contribution is 2.32. The highest BCUT2D eigenvalue weighted by atomic mass is 127. The van der Waals surface area contributed by atoms with Gasteiger partial charge in [0.1, 0.15) is 11.3 Å². The van der Waals surface area contributed by atoms with Crippen LogP contribution in [0.4, 0.5) is 10.5 Å². The molecule has 1 aliphatic rings. The fraction of sp³-hybridized carbons (Fsp3) is 0.115. The van der Waals surface area contributed by atoms with Gasteiger partial charge in [0.2, 0.25) is 0 Å². The maximum atomic E-state index is 13.1. The van der Waals surface area contributed by atoms with E-state index in [0.29, 0.717) is 35.1 Å². The molecule has 34 heavy (non-hydrogen) atoms. The first-order chi connectivity index (χ1) is 16.4. The Morgan fingerprint density at radius 2 is 1.74 bits per heavy atom. The minimum absolute atomic E-state index is 0.138. The maximum absolute atomic E-state index is 13.1. The number of nitrogens with one attached hydrogen (secondary N) is 1. The quantitative estimate of drug-likeness (QED) is 0.232. The second kappa shape index (κ2) is 10.4. The van der Waals surface area contributed by atoms with Gasteiger partial charge in [-0.1, -0.05) is 48.0 Å². The summed E-state index contributed by atoms with van der Waals surface area (Å²) in [5.41, 5.74) is 2.77. The fourth-order valence-corrected chi connectivity index (χ4v) is 4.66. The second-order valence-corrected chi connectivity index (χ2v) is 9.04. The van der Waals surface area contributed by atoms with E-state index in [9.17, 15) is 14.4 Å². The monoisotopic (exact) mass is 586 g/mol. The average molecular weight is 587 g/mol. The molecule has 1 aliphatic heterocycles. The van der Waals surface area contributed by atoms with Gasteiger partial charge >= 0.3 is 6.03 Å². The number of para-hydroxylation sites is 1. The number of carbonyl (C=O) groups is 3. The number of ether oxygens (including phenoxy) is 1. The van der Waals surface area contributed by atoms with Crippen molar-refractivity contribution in [3.8, 4) is 5.75 Å². The number of imide groups is 2. The first-order valence-corrected chi connectivity index (χ1v) is 12.0. The van der Waals surface area contributed by atoms with Crippen molar-refractivity contribution in [2.75, 3.05) is 11.5 Å². The number of anilines is 1. The molecule has 0 saturated carbocycles. The predicted molar refractivity (Wildman–Crippen MR) is 140 cm³/mol. The molecule has 0 atom stereocenters. The minimum atomic E-state index is -0.780. The molecular weight excluding hydrogens is 567 g/mol. The Kier molecular flexibility index (Phi) is 7.33. The van der Waals surface area contributed by atoms with Gasteiger partial charge < -0.3 is 4.74 Å². The van der Waals surface area contributed by atoms with Gasteiger partial charge in [0.25, 0.3) is 11.8 Å². The summed E-state index contributed by atoms with van der Waals surface area (Å²) in [6.07, 6.45) is 2.05. The summed E-state index contributed by atoms with van der Waals surface area (Å²) in [7, 11) is 0. The standard InChI is InChI=1S/C26H20ClIN2O4/c1-2-34-23-14-16(13-22(28)19(23)15-17-8-6-7-11-21(17)27)12-20-24(31)29-26(33)30(25(20)32)18-9-4-3-5-10-18/h3-14H,2,15H2,1H3,(H,29,31,33)/b20-12+. The Bertz CT molecular complexity index is 1310. The predicted octanol–water partition coefficient (Wildman–Crippen LogP) is 5.60. The van der Waals surface area contributed by atoms with Crippen LogP contribution in [0.5, 0.6) is 5.75 Å². The number of halogens is 2. The lowest BCUT2D eigenvalue weighted by Gasteiger charge is -2.26. The zero-order valence-electron chi connectivity index (χ0n) is 18.2. The number of amides is 4. The molecule has 0 aromatic heterocycles. The molecule has 0 spiro atoms. The van der Waals surface area contributed by atoms with Crippen molar-refractivity contribution in [3.63, 3.8) is 0 Å². The van der Waals surface area contributed by atoms with E-state index in [1.54, 1.807) is 36.4 Å². The van der Waals surface area contributed by atoms with Gasteiger partial charge in [0, 0.05) is 20.6 Å². The zero-order valence-corrected chi connectivity index (χ0v) is 21.1. The molecule has 0 aliphatic carbocycles. The van der Waals surface area contributed by atoms with Crippen LogP contribution in [0.2, 0.25) is 5.02 Å². The molecular formula is C26H20ClIN2O4. The summed E-state index contributed by atoms with van der Waals surface area (Å²) in [6.45, 7) is 2.33. The third kappa shape index (κ3) is 5.00. The van der Waals surface area contributed by atoms with Gasteiger partial charge in [-0.05, 0) is 77.0 Å². The molecule has 0 unspecified atom stereocenters. The topological polar surface area (TPSA) is 75.7 Å². The van der Waals surface area contributed by atoms with Crippen LogP contribution in [0.3, 0.4) is 0 Å². The highest BCUT2D eigenvalue weighted by molar-refractivity contribution is 14.1. The molecule has 0 bridgehead atoms. The van der Waals surface area contributed by atoms with E-state index in [4.69, 9.17) is 16.3 Å². The van der Waals surface area contributed by atoms with Gasteiger partial charge in [-0.3, -0.25) is 14.9 Å². The van der Waals surface area contributed by atoms with Gasteiger partial charge in [-0.2, -0.15) is 0 Å². The van der Waals surface area contributed by atoms with E-state index < -0.39 is 17.8 Å². The number of hydrogen-bond acceptors (Lipinski definition) is 4. The lowest BCUT2D eigenvalue weighted by molar-refractivity contribution is -0.122. The Labute approximate surface area is 215 Å². The van der Waals surface area contributed by atoms with Crippen molar-refractivity contribution in [1.29, 1.82) is 0 Å². The summed E-state index contributed by atoms with van der Waals surface area (Å²) in [5.74, 6) is -0.788. The van der Waals surface area contributed by atoms with Gasteiger partial charge in [0.15, 0.2) is 0 Å². The Morgan fingerprint density at radius 3 is 2.44 bits per heavy atom. The van der Waals surface area contributed by atoms with E-state index in [0.717, 1.165) is 19.6 Å². The van der Waals surface area contributed by atoms with Crippen LogP contribution in [-0.4, -0.2) is 24.5 Å². The summed E-state index contributed by atoms with van der Waals surface area (Å²) in [4.78, 5) is 39.0. The normalized spacial score (nSPS) is 15.0. The molecule has 8 heteroatoms. The number of hydrogen-bond donors (Lipinski definition) is 1. The van der Waals surface area contributed by atoms with Crippen molar-refractivity contribution < 1.29 is 19.1 Å². The number of benzene rings is 3. The van der Waals surface area contributed by atoms with Crippen molar-refractivity contribution in [3.05, 3.63) is 97.6 Å². The molecule has 0 radical (unpaired) electrons. The third-order valence-electron chi connectivity index (χ3n) is 5.23. The van der Waals surface area contributed by atoms with Crippen molar-refractivity contribution in [1.82, 2.24) is 5.32 Å². The summed E-state index contributed by atoms with van der Waals surface area (Å²) < 4.78 is 6.79. The SMILES string of the molecule is CCOc1cc(/C=C2\C(=O)NC(=O)N(c3ccccc3)C2=O)cc(I)c1Cc1ccccc1Cl. The lowest BCUT2D eigenvalue weighted by atomic mass is 10.0. The number of urea groups is 1. The minimum Gasteiger partial charge on any atom is -0.494 e. The number of nitrogens with zero attached hydrogens (tertiary/aromatic N) is 1. The third-order valence-corrected chi connectivity index (χ3v) is 6.56. The first kappa shape index (κ1) is 24.0. The highest BCUT2D eigenvalue weighted by Gasteiger charge is 2.36. The average Bonchev–Trinajstić information content (AvgIpc) is 2.81. The summed E-state index contributed by atoms with van der Waals surface area (Å²) in [6, 6.07) is 19.0. The van der Waals surface area contributed by atoms with Crippen LogP contribution in [0.1, 0.15) is 23.6 Å². The Balaban J connectivity index is 1.73. The van der Waals surface area contributed by atoms with E-state index in [1.165, 1.54) is 6.08 Å². The summed E-state index contributed by atoms with van der Waals surface area (Å²) in [5, 5.41) is 2.91. The summed E-state index contributed by atoms with van der Waals surface area (Å²) >= 11 is 8.57. The number of carbonyl (C=O) groups excluding carboxylic acids is 3. The van der Waals surface area contributed by atoms with Crippen LogP contribution < -0.4 is 15.0 Å². The smallest absolute Gasteiger partial charge is 0.335 e.